The third kappa shape index (κ3) is 2.69. The highest BCUT2D eigenvalue weighted by molar-refractivity contribution is 5.84. The summed E-state index contributed by atoms with van der Waals surface area (Å²) in [4.78, 5) is 13.9. The smallest absolute Gasteiger partial charge is 0.238 e. The predicted octanol–water partition coefficient (Wildman–Crippen LogP) is 1.30. The second-order valence-electron chi connectivity index (χ2n) is 5.15. The molecule has 2 atom stereocenters. The molecule has 0 spiro atoms. The van der Waals surface area contributed by atoms with Gasteiger partial charge >= 0.3 is 0 Å². The summed E-state index contributed by atoms with van der Waals surface area (Å²) < 4.78 is 5.50. The SMILES string of the molecule is Cc1ccc(CN2CC2C(=O)NCC2CC2)o1. The van der Waals surface area contributed by atoms with Crippen molar-refractivity contribution < 1.29 is 9.21 Å². The van der Waals surface area contributed by atoms with Crippen LogP contribution in [0.2, 0.25) is 0 Å². The van der Waals surface area contributed by atoms with Crippen LogP contribution in [0.1, 0.15) is 24.4 Å². The van der Waals surface area contributed by atoms with Crippen molar-refractivity contribution in [3.8, 4) is 0 Å². The molecule has 1 aromatic rings. The standard InChI is InChI=1S/C13H18N2O2/c1-9-2-5-11(17-9)7-15-8-12(15)13(16)14-6-10-3-4-10/h2,5,10,12H,3-4,6-8H2,1H3,(H,14,16). The van der Waals surface area contributed by atoms with E-state index in [1.807, 2.05) is 19.1 Å². The van der Waals surface area contributed by atoms with Gasteiger partial charge in [-0.25, -0.2) is 0 Å². The van der Waals surface area contributed by atoms with Crippen molar-refractivity contribution in [2.45, 2.75) is 32.4 Å². The van der Waals surface area contributed by atoms with Crippen molar-refractivity contribution in [3.63, 3.8) is 0 Å². The Bertz CT molecular complexity index is 423. The Balaban J connectivity index is 1.43. The van der Waals surface area contributed by atoms with Gasteiger partial charge in [0.1, 0.15) is 17.6 Å². The summed E-state index contributed by atoms with van der Waals surface area (Å²) in [6.45, 7) is 4.40. The average molecular weight is 234 g/mol. The fourth-order valence-electron chi connectivity index (χ4n) is 2.05. The largest absolute Gasteiger partial charge is 0.465 e. The fourth-order valence-corrected chi connectivity index (χ4v) is 2.05. The van der Waals surface area contributed by atoms with Crippen molar-refractivity contribution in [2.24, 2.45) is 5.92 Å². The molecule has 1 saturated carbocycles. The van der Waals surface area contributed by atoms with Crippen LogP contribution in [-0.2, 0) is 11.3 Å². The monoisotopic (exact) mass is 234 g/mol. The van der Waals surface area contributed by atoms with E-state index in [4.69, 9.17) is 4.42 Å². The number of rotatable bonds is 5. The Kier molecular flexibility index (Phi) is 2.67. The number of carbonyl (C=O) groups excluding carboxylic acids is 1. The van der Waals surface area contributed by atoms with Gasteiger partial charge in [0.05, 0.1) is 6.54 Å². The van der Waals surface area contributed by atoms with E-state index in [1.165, 1.54) is 12.8 Å². The first-order chi connectivity index (χ1) is 8.22. The quantitative estimate of drug-likeness (QED) is 0.781. The van der Waals surface area contributed by atoms with Gasteiger partial charge in [-0.1, -0.05) is 0 Å². The number of hydrogen-bond donors (Lipinski definition) is 1. The molecule has 92 valence electrons. The first-order valence-electron chi connectivity index (χ1n) is 6.29. The molecule has 1 aromatic heterocycles. The van der Waals surface area contributed by atoms with E-state index in [0.29, 0.717) is 0 Å². The first-order valence-corrected chi connectivity index (χ1v) is 6.29. The Morgan fingerprint density at radius 1 is 1.53 bits per heavy atom. The minimum absolute atomic E-state index is 0.0687. The molecule has 0 radical (unpaired) electrons. The third-order valence-electron chi connectivity index (χ3n) is 3.43. The van der Waals surface area contributed by atoms with E-state index in [-0.39, 0.29) is 11.9 Å². The summed E-state index contributed by atoms with van der Waals surface area (Å²) in [6.07, 6.45) is 2.56. The van der Waals surface area contributed by atoms with E-state index in [1.54, 1.807) is 0 Å². The molecule has 17 heavy (non-hydrogen) atoms. The van der Waals surface area contributed by atoms with Gasteiger partial charge in [0, 0.05) is 13.1 Å². The van der Waals surface area contributed by atoms with Crippen molar-refractivity contribution in [2.75, 3.05) is 13.1 Å². The van der Waals surface area contributed by atoms with Crippen LogP contribution in [0.4, 0.5) is 0 Å². The predicted molar refractivity (Wildman–Crippen MR) is 63.4 cm³/mol. The average Bonchev–Trinajstić information content (AvgIpc) is 3.18. The van der Waals surface area contributed by atoms with E-state index in [9.17, 15) is 4.79 Å². The molecule has 1 N–H and O–H groups in total. The molecular formula is C13H18N2O2. The molecule has 1 saturated heterocycles. The third-order valence-corrected chi connectivity index (χ3v) is 3.43. The van der Waals surface area contributed by atoms with Crippen LogP contribution in [0.15, 0.2) is 16.5 Å². The number of amides is 1. The van der Waals surface area contributed by atoms with Crippen LogP contribution in [0.3, 0.4) is 0 Å². The number of aryl methyl sites for hydroxylation is 1. The normalized spacial score (nSPS) is 26.9. The molecule has 0 bridgehead atoms. The van der Waals surface area contributed by atoms with Crippen LogP contribution in [0.5, 0.6) is 0 Å². The molecule has 0 aromatic carbocycles. The van der Waals surface area contributed by atoms with Crippen molar-refractivity contribution in [1.29, 1.82) is 0 Å². The van der Waals surface area contributed by atoms with Crippen molar-refractivity contribution in [3.05, 3.63) is 23.7 Å². The molecule has 2 heterocycles. The van der Waals surface area contributed by atoms with Crippen LogP contribution in [-0.4, -0.2) is 29.9 Å². The molecule has 2 aliphatic rings. The van der Waals surface area contributed by atoms with E-state index in [0.717, 1.165) is 37.1 Å². The number of furan rings is 1. The molecule has 2 fully saturated rings. The van der Waals surface area contributed by atoms with Crippen LogP contribution in [0, 0.1) is 12.8 Å². The first kappa shape index (κ1) is 10.8. The second-order valence-corrected chi connectivity index (χ2v) is 5.15. The number of nitrogens with one attached hydrogen (secondary N) is 1. The Labute approximate surface area is 101 Å². The van der Waals surface area contributed by atoms with Crippen LogP contribution >= 0.6 is 0 Å². The zero-order valence-electron chi connectivity index (χ0n) is 10.1. The number of carbonyl (C=O) groups is 1. The summed E-state index contributed by atoms with van der Waals surface area (Å²) in [5.41, 5.74) is 0. The van der Waals surface area contributed by atoms with E-state index >= 15 is 0 Å². The minimum atomic E-state index is 0.0687. The van der Waals surface area contributed by atoms with Gasteiger partial charge in [-0.15, -0.1) is 0 Å². The lowest BCUT2D eigenvalue weighted by Crippen LogP contribution is -2.31. The van der Waals surface area contributed by atoms with Gasteiger partial charge in [0.15, 0.2) is 0 Å². The Hall–Kier alpha value is -1.29. The number of hydrogen-bond acceptors (Lipinski definition) is 3. The van der Waals surface area contributed by atoms with Crippen LogP contribution in [0.25, 0.3) is 0 Å². The summed E-state index contributed by atoms with van der Waals surface area (Å²) in [5, 5.41) is 3.02. The fraction of sp³-hybridized carbons (Fsp3) is 0.615. The Morgan fingerprint density at radius 2 is 2.35 bits per heavy atom. The highest BCUT2D eigenvalue weighted by atomic mass is 16.3. The molecule has 4 nitrogen and oxygen atoms in total. The highest BCUT2D eigenvalue weighted by Gasteiger charge is 2.40. The van der Waals surface area contributed by atoms with Gasteiger partial charge < -0.3 is 9.73 Å². The summed E-state index contributed by atoms with van der Waals surface area (Å²) >= 11 is 0. The maximum absolute atomic E-state index is 11.8. The molecular weight excluding hydrogens is 216 g/mol. The second kappa shape index (κ2) is 4.18. The summed E-state index contributed by atoms with van der Waals surface area (Å²) in [7, 11) is 0. The lowest BCUT2D eigenvalue weighted by atomic mass is 10.3. The summed E-state index contributed by atoms with van der Waals surface area (Å²) in [6, 6.07) is 4.01. The zero-order chi connectivity index (χ0) is 11.8. The number of nitrogens with zero attached hydrogens (tertiary/aromatic N) is 1. The van der Waals surface area contributed by atoms with Gasteiger partial charge in [-0.05, 0) is 37.8 Å². The van der Waals surface area contributed by atoms with E-state index in [2.05, 4.69) is 10.2 Å². The maximum atomic E-state index is 11.8. The highest BCUT2D eigenvalue weighted by Crippen LogP contribution is 2.28. The van der Waals surface area contributed by atoms with Gasteiger partial charge in [0.2, 0.25) is 5.91 Å². The molecule has 1 aliphatic carbocycles. The van der Waals surface area contributed by atoms with Gasteiger partial charge in [0.25, 0.3) is 0 Å². The Morgan fingerprint density at radius 3 is 3.00 bits per heavy atom. The zero-order valence-corrected chi connectivity index (χ0v) is 10.1. The molecule has 2 unspecified atom stereocenters. The van der Waals surface area contributed by atoms with Crippen molar-refractivity contribution in [1.82, 2.24) is 10.2 Å². The van der Waals surface area contributed by atoms with E-state index < -0.39 is 0 Å². The van der Waals surface area contributed by atoms with Crippen LogP contribution < -0.4 is 5.32 Å². The maximum Gasteiger partial charge on any atom is 0.238 e. The topological polar surface area (TPSA) is 45.2 Å². The summed E-state index contributed by atoms with van der Waals surface area (Å²) in [5.74, 6) is 2.80. The van der Waals surface area contributed by atoms with Gasteiger partial charge in [-0.3, -0.25) is 9.69 Å². The molecule has 1 amide bonds. The lowest BCUT2D eigenvalue weighted by Gasteiger charge is -2.03. The molecule has 1 aliphatic heterocycles. The minimum Gasteiger partial charge on any atom is -0.465 e. The molecule has 4 heteroatoms. The van der Waals surface area contributed by atoms with Crippen molar-refractivity contribution >= 4 is 5.91 Å². The molecule has 3 rings (SSSR count). The van der Waals surface area contributed by atoms with Gasteiger partial charge in [-0.2, -0.15) is 0 Å². The lowest BCUT2D eigenvalue weighted by molar-refractivity contribution is -0.121.